The van der Waals surface area contributed by atoms with Crippen molar-refractivity contribution in [2.45, 2.75) is 18.7 Å². The number of hydrogen-bond acceptors (Lipinski definition) is 7. The summed E-state index contributed by atoms with van der Waals surface area (Å²) in [6, 6.07) is 19.9. The highest BCUT2D eigenvalue weighted by Crippen LogP contribution is 2.25. The number of para-hydroxylation sites is 2. The molecule has 3 aromatic carbocycles. The summed E-state index contributed by atoms with van der Waals surface area (Å²) in [7, 11) is 0. The summed E-state index contributed by atoms with van der Waals surface area (Å²) in [5, 5.41) is 22.2. The number of nitro groups is 1. The average molecular weight is 494 g/mol. The van der Waals surface area contributed by atoms with Gasteiger partial charge in [0, 0.05) is 17.8 Å². The first-order valence-corrected chi connectivity index (χ1v) is 11.5. The second-order valence-corrected chi connectivity index (χ2v) is 8.32. The van der Waals surface area contributed by atoms with Crippen molar-refractivity contribution in [3.05, 3.63) is 100 Å². The quantitative estimate of drug-likeness (QED) is 0.200. The molecule has 0 aliphatic heterocycles. The number of aromatic nitrogens is 3. The summed E-state index contributed by atoms with van der Waals surface area (Å²) in [6.07, 6.45) is 0. The summed E-state index contributed by atoms with van der Waals surface area (Å²) in [5.41, 5.74) is 1.18. The lowest BCUT2D eigenvalue weighted by molar-refractivity contribution is -0.384. The molecule has 1 amide bonds. The molecule has 0 aliphatic rings. The molecule has 11 heteroatoms. The molecule has 0 saturated heterocycles. The van der Waals surface area contributed by atoms with Crippen molar-refractivity contribution >= 4 is 29.0 Å². The van der Waals surface area contributed by atoms with E-state index in [-0.39, 0.29) is 23.7 Å². The maximum absolute atomic E-state index is 14.0. The van der Waals surface area contributed by atoms with E-state index in [2.05, 4.69) is 15.5 Å². The van der Waals surface area contributed by atoms with Crippen LogP contribution in [-0.4, -0.2) is 31.3 Å². The Morgan fingerprint density at radius 3 is 2.60 bits per heavy atom. The van der Waals surface area contributed by atoms with Crippen LogP contribution >= 0.6 is 11.8 Å². The number of thioether (sulfide) groups is 1. The fourth-order valence-electron chi connectivity index (χ4n) is 3.22. The fraction of sp³-hybridized carbons (Fsp3) is 0.125. The van der Waals surface area contributed by atoms with E-state index in [4.69, 9.17) is 4.74 Å². The van der Waals surface area contributed by atoms with E-state index in [1.165, 1.54) is 0 Å². The first-order valence-electron chi connectivity index (χ1n) is 10.5. The lowest BCUT2D eigenvalue weighted by Gasteiger charge is -2.12. The van der Waals surface area contributed by atoms with Crippen LogP contribution in [0.25, 0.3) is 5.69 Å². The summed E-state index contributed by atoms with van der Waals surface area (Å²) in [6.45, 7) is 2.10. The smallest absolute Gasteiger partial charge is 0.271 e. The van der Waals surface area contributed by atoms with E-state index in [0.29, 0.717) is 11.0 Å². The van der Waals surface area contributed by atoms with Gasteiger partial charge in [0.25, 0.3) is 5.69 Å². The molecule has 0 aliphatic carbocycles. The van der Waals surface area contributed by atoms with Crippen molar-refractivity contribution in [3.63, 3.8) is 0 Å². The lowest BCUT2D eigenvalue weighted by atomic mass is 10.2. The molecule has 0 bridgehead atoms. The third kappa shape index (κ3) is 5.82. The molecular formula is C24H20FN5O4S. The van der Waals surface area contributed by atoms with Crippen LogP contribution in [0.5, 0.6) is 5.75 Å². The zero-order chi connectivity index (χ0) is 24.8. The number of amides is 1. The van der Waals surface area contributed by atoms with E-state index in [9.17, 15) is 19.3 Å². The highest BCUT2D eigenvalue weighted by Gasteiger charge is 2.18. The first kappa shape index (κ1) is 23.9. The summed E-state index contributed by atoms with van der Waals surface area (Å²) in [5.74, 6) is -0.173. The monoisotopic (exact) mass is 493 g/mol. The van der Waals surface area contributed by atoms with E-state index in [1.54, 1.807) is 4.57 Å². The number of carbonyl (C=O) groups excluding carboxylic acids is 1. The van der Waals surface area contributed by atoms with Gasteiger partial charge in [-0.1, -0.05) is 48.2 Å². The number of nitrogens with one attached hydrogen (secondary N) is 1. The van der Waals surface area contributed by atoms with Crippen LogP contribution in [-0.2, 0) is 11.4 Å². The first-order chi connectivity index (χ1) is 16.9. The molecular weight excluding hydrogens is 473 g/mol. The second kappa shape index (κ2) is 10.8. The Hall–Kier alpha value is -4.25. The largest absolute Gasteiger partial charge is 0.485 e. The molecule has 1 N–H and O–H groups in total. The van der Waals surface area contributed by atoms with Crippen molar-refractivity contribution in [1.29, 1.82) is 0 Å². The maximum Gasteiger partial charge on any atom is 0.271 e. The van der Waals surface area contributed by atoms with E-state index in [1.807, 2.05) is 61.5 Å². The molecule has 9 nitrogen and oxygen atoms in total. The number of non-ortho nitro benzene ring substituents is 1. The highest BCUT2D eigenvalue weighted by molar-refractivity contribution is 7.99. The van der Waals surface area contributed by atoms with Gasteiger partial charge in [-0.3, -0.25) is 19.5 Å². The van der Waals surface area contributed by atoms with Crippen molar-refractivity contribution < 1.29 is 18.8 Å². The van der Waals surface area contributed by atoms with Crippen LogP contribution in [0.4, 0.5) is 15.8 Å². The molecule has 0 saturated carbocycles. The van der Waals surface area contributed by atoms with Gasteiger partial charge in [0.05, 0.1) is 16.4 Å². The van der Waals surface area contributed by atoms with E-state index >= 15 is 0 Å². The Balaban J connectivity index is 1.50. The van der Waals surface area contributed by atoms with Crippen LogP contribution < -0.4 is 10.1 Å². The minimum absolute atomic E-state index is 0.119. The topological polar surface area (TPSA) is 112 Å². The molecule has 0 unspecified atom stereocenters. The second-order valence-electron chi connectivity index (χ2n) is 7.38. The van der Waals surface area contributed by atoms with Gasteiger partial charge in [-0.2, -0.15) is 0 Å². The molecule has 178 valence electrons. The number of aryl methyl sites for hydroxylation is 1. The predicted octanol–water partition coefficient (Wildman–Crippen LogP) is 4.93. The zero-order valence-corrected chi connectivity index (χ0v) is 19.4. The standard InChI is InChI=1S/C24H20FN5O4S/c1-16-7-5-6-10-21(16)34-14-22-27-28-24(29(22)17-8-3-2-4-9-17)35-15-23(31)26-20-13-18(30(32)33)11-12-19(20)25/h2-13H,14-15H2,1H3,(H,26,31). The van der Waals surface area contributed by atoms with E-state index < -0.39 is 16.6 Å². The van der Waals surface area contributed by atoms with Crippen LogP contribution in [0.15, 0.2) is 78.0 Å². The fourth-order valence-corrected chi connectivity index (χ4v) is 3.99. The number of halogens is 1. The summed E-state index contributed by atoms with van der Waals surface area (Å²) in [4.78, 5) is 22.7. The zero-order valence-electron chi connectivity index (χ0n) is 18.6. The maximum atomic E-state index is 14.0. The SMILES string of the molecule is Cc1ccccc1OCc1nnc(SCC(=O)Nc2cc([N+](=O)[O-])ccc2F)n1-c1ccccc1. The minimum atomic E-state index is -0.767. The van der Waals surface area contributed by atoms with Gasteiger partial charge in [0.2, 0.25) is 5.91 Å². The van der Waals surface area contributed by atoms with Gasteiger partial charge < -0.3 is 10.1 Å². The van der Waals surface area contributed by atoms with Crippen LogP contribution in [0, 0.1) is 22.9 Å². The minimum Gasteiger partial charge on any atom is -0.485 e. The number of hydrogen-bond donors (Lipinski definition) is 1. The van der Waals surface area contributed by atoms with Gasteiger partial charge >= 0.3 is 0 Å². The molecule has 4 aromatic rings. The number of benzene rings is 3. The molecule has 4 rings (SSSR count). The number of carbonyl (C=O) groups is 1. The Kier molecular flexibility index (Phi) is 7.36. The van der Waals surface area contributed by atoms with E-state index in [0.717, 1.165) is 47.0 Å². The third-order valence-corrected chi connectivity index (χ3v) is 5.86. The predicted molar refractivity (Wildman–Crippen MR) is 129 cm³/mol. The van der Waals surface area contributed by atoms with Crippen molar-refractivity contribution in [2.75, 3.05) is 11.1 Å². The Morgan fingerprint density at radius 1 is 1.11 bits per heavy atom. The average Bonchev–Trinajstić information content (AvgIpc) is 3.27. The molecule has 0 radical (unpaired) electrons. The molecule has 1 aromatic heterocycles. The third-order valence-electron chi connectivity index (χ3n) is 4.93. The Morgan fingerprint density at radius 2 is 1.86 bits per heavy atom. The number of anilines is 1. The summed E-state index contributed by atoms with van der Waals surface area (Å²) >= 11 is 1.10. The molecule has 1 heterocycles. The van der Waals surface area contributed by atoms with Gasteiger partial charge in [-0.25, -0.2) is 4.39 Å². The van der Waals surface area contributed by atoms with Crippen LogP contribution in [0.1, 0.15) is 11.4 Å². The van der Waals surface area contributed by atoms with Crippen LogP contribution in [0.2, 0.25) is 0 Å². The van der Waals surface area contributed by atoms with Gasteiger partial charge in [-0.15, -0.1) is 10.2 Å². The van der Waals surface area contributed by atoms with Crippen LogP contribution in [0.3, 0.4) is 0 Å². The Labute approximate surface area is 204 Å². The summed E-state index contributed by atoms with van der Waals surface area (Å²) < 4.78 is 21.7. The number of rotatable bonds is 9. The molecule has 0 atom stereocenters. The lowest BCUT2D eigenvalue weighted by Crippen LogP contribution is -2.16. The molecule has 35 heavy (non-hydrogen) atoms. The van der Waals surface area contributed by atoms with Gasteiger partial charge in [0.15, 0.2) is 11.0 Å². The van der Waals surface area contributed by atoms with Crippen molar-refractivity contribution in [1.82, 2.24) is 14.8 Å². The van der Waals surface area contributed by atoms with Crippen molar-refractivity contribution in [3.8, 4) is 11.4 Å². The molecule has 0 fully saturated rings. The highest BCUT2D eigenvalue weighted by atomic mass is 32.2. The van der Waals surface area contributed by atoms with Crippen molar-refractivity contribution in [2.24, 2.45) is 0 Å². The molecule has 0 spiro atoms. The number of nitrogens with zero attached hydrogens (tertiary/aromatic N) is 4. The van der Waals surface area contributed by atoms with Gasteiger partial charge in [-0.05, 0) is 36.8 Å². The normalized spacial score (nSPS) is 10.7. The van der Waals surface area contributed by atoms with Gasteiger partial charge in [0.1, 0.15) is 18.2 Å². The number of nitro benzene ring substituents is 1. The number of ether oxygens (including phenoxy) is 1. The Bertz CT molecular complexity index is 1360.